The van der Waals surface area contributed by atoms with Gasteiger partial charge in [-0.05, 0) is 70.8 Å². The van der Waals surface area contributed by atoms with Gasteiger partial charge >= 0.3 is 0 Å². The van der Waals surface area contributed by atoms with Crippen LogP contribution in [0.3, 0.4) is 0 Å². The largest absolute Gasteiger partial charge is 0.497 e. The van der Waals surface area contributed by atoms with Gasteiger partial charge in [0.1, 0.15) is 5.75 Å². The fourth-order valence-electron chi connectivity index (χ4n) is 3.01. The van der Waals surface area contributed by atoms with Crippen molar-refractivity contribution in [1.29, 1.82) is 0 Å². The predicted octanol–water partition coefficient (Wildman–Crippen LogP) is 3.09. The Hall–Kier alpha value is -1.06. The van der Waals surface area contributed by atoms with Crippen molar-refractivity contribution in [3.05, 3.63) is 29.8 Å². The SMILES string of the molecule is COc1ccc(CCC(C)NCC2(N(C)C)CCC2)cc1. The van der Waals surface area contributed by atoms with Crippen LogP contribution in [0.2, 0.25) is 0 Å². The number of hydrogen-bond donors (Lipinski definition) is 1. The van der Waals surface area contributed by atoms with Gasteiger partial charge in [0.15, 0.2) is 0 Å². The molecular weight excluding hydrogens is 260 g/mol. The predicted molar refractivity (Wildman–Crippen MR) is 89.0 cm³/mol. The summed E-state index contributed by atoms with van der Waals surface area (Å²) in [6.45, 7) is 3.41. The first-order valence-electron chi connectivity index (χ1n) is 8.09. The maximum absolute atomic E-state index is 5.19. The molecule has 0 saturated heterocycles. The van der Waals surface area contributed by atoms with Crippen molar-refractivity contribution in [2.45, 2.75) is 50.6 Å². The third kappa shape index (κ3) is 4.21. The molecule has 21 heavy (non-hydrogen) atoms. The summed E-state index contributed by atoms with van der Waals surface area (Å²) < 4.78 is 5.19. The van der Waals surface area contributed by atoms with Crippen LogP contribution >= 0.6 is 0 Å². The summed E-state index contributed by atoms with van der Waals surface area (Å²) in [4.78, 5) is 2.40. The zero-order valence-corrected chi connectivity index (χ0v) is 14.0. The quantitative estimate of drug-likeness (QED) is 0.796. The van der Waals surface area contributed by atoms with Crippen LogP contribution in [0.15, 0.2) is 24.3 Å². The molecule has 0 radical (unpaired) electrons. The van der Waals surface area contributed by atoms with Crippen molar-refractivity contribution >= 4 is 0 Å². The number of aryl methyl sites for hydroxylation is 1. The molecule has 0 bridgehead atoms. The van der Waals surface area contributed by atoms with Crippen molar-refractivity contribution < 1.29 is 4.74 Å². The van der Waals surface area contributed by atoms with Gasteiger partial charge in [0.05, 0.1) is 7.11 Å². The van der Waals surface area contributed by atoms with E-state index < -0.39 is 0 Å². The van der Waals surface area contributed by atoms with Gasteiger partial charge in [-0.25, -0.2) is 0 Å². The van der Waals surface area contributed by atoms with Crippen LogP contribution in [0.4, 0.5) is 0 Å². The van der Waals surface area contributed by atoms with E-state index in [-0.39, 0.29) is 0 Å². The molecule has 0 aromatic heterocycles. The molecule has 1 atom stereocenters. The van der Waals surface area contributed by atoms with Gasteiger partial charge in [0.25, 0.3) is 0 Å². The first-order chi connectivity index (χ1) is 10.1. The number of nitrogens with one attached hydrogen (secondary N) is 1. The molecular formula is C18H30N2O. The Morgan fingerprint density at radius 1 is 1.24 bits per heavy atom. The first-order valence-corrected chi connectivity index (χ1v) is 8.09. The fraction of sp³-hybridized carbons (Fsp3) is 0.667. The van der Waals surface area contributed by atoms with E-state index in [1.807, 2.05) is 12.1 Å². The van der Waals surface area contributed by atoms with Crippen LogP contribution in [0, 0.1) is 0 Å². The van der Waals surface area contributed by atoms with Crippen molar-refractivity contribution in [1.82, 2.24) is 10.2 Å². The third-order valence-electron chi connectivity index (χ3n) is 5.04. The van der Waals surface area contributed by atoms with E-state index in [0.29, 0.717) is 11.6 Å². The molecule has 1 aliphatic rings. The van der Waals surface area contributed by atoms with Gasteiger partial charge in [0, 0.05) is 18.1 Å². The van der Waals surface area contributed by atoms with Crippen LogP contribution in [-0.4, -0.2) is 44.2 Å². The molecule has 1 unspecified atom stereocenters. The molecule has 0 spiro atoms. The summed E-state index contributed by atoms with van der Waals surface area (Å²) in [5.74, 6) is 0.933. The van der Waals surface area contributed by atoms with E-state index in [1.165, 1.54) is 31.2 Å². The summed E-state index contributed by atoms with van der Waals surface area (Å²) in [5.41, 5.74) is 1.80. The van der Waals surface area contributed by atoms with Crippen molar-refractivity contribution in [3.63, 3.8) is 0 Å². The van der Waals surface area contributed by atoms with Gasteiger partial charge < -0.3 is 15.0 Å². The fourth-order valence-corrected chi connectivity index (χ4v) is 3.01. The molecule has 118 valence electrons. The monoisotopic (exact) mass is 290 g/mol. The lowest BCUT2D eigenvalue weighted by molar-refractivity contribution is 0.0574. The summed E-state index contributed by atoms with van der Waals surface area (Å²) in [6.07, 6.45) is 6.33. The Morgan fingerprint density at radius 2 is 1.90 bits per heavy atom. The van der Waals surface area contributed by atoms with Gasteiger partial charge in [-0.3, -0.25) is 0 Å². The summed E-state index contributed by atoms with van der Waals surface area (Å²) in [7, 11) is 6.13. The number of methoxy groups -OCH3 is 1. The number of benzene rings is 1. The van der Waals surface area contributed by atoms with Gasteiger partial charge in [-0.15, -0.1) is 0 Å². The Bertz CT molecular complexity index is 423. The minimum atomic E-state index is 0.411. The van der Waals surface area contributed by atoms with Gasteiger partial charge in [-0.2, -0.15) is 0 Å². The number of ether oxygens (including phenoxy) is 1. The second-order valence-corrected chi connectivity index (χ2v) is 6.64. The molecule has 1 fully saturated rings. The number of likely N-dealkylation sites (N-methyl/N-ethyl adjacent to an activating group) is 1. The van der Waals surface area contributed by atoms with E-state index in [4.69, 9.17) is 4.74 Å². The minimum absolute atomic E-state index is 0.411. The molecule has 0 amide bonds. The summed E-state index contributed by atoms with van der Waals surface area (Å²) in [5, 5.41) is 3.73. The smallest absolute Gasteiger partial charge is 0.118 e. The summed E-state index contributed by atoms with van der Waals surface area (Å²) >= 11 is 0. The van der Waals surface area contributed by atoms with E-state index in [1.54, 1.807) is 7.11 Å². The third-order valence-corrected chi connectivity index (χ3v) is 5.04. The second-order valence-electron chi connectivity index (χ2n) is 6.64. The molecule has 1 N–H and O–H groups in total. The lowest BCUT2D eigenvalue weighted by atomic mass is 9.75. The zero-order valence-electron chi connectivity index (χ0n) is 14.0. The summed E-state index contributed by atoms with van der Waals surface area (Å²) in [6, 6.07) is 8.98. The van der Waals surface area contributed by atoms with Gasteiger partial charge in [0.2, 0.25) is 0 Å². The van der Waals surface area contributed by atoms with E-state index in [9.17, 15) is 0 Å². The molecule has 1 aromatic rings. The minimum Gasteiger partial charge on any atom is -0.497 e. The molecule has 3 heteroatoms. The highest BCUT2D eigenvalue weighted by atomic mass is 16.5. The van der Waals surface area contributed by atoms with Crippen LogP contribution < -0.4 is 10.1 Å². The Kier molecular flexibility index (Phi) is 5.65. The van der Waals surface area contributed by atoms with Crippen LogP contribution in [0.5, 0.6) is 5.75 Å². The molecule has 1 aromatic carbocycles. The highest BCUT2D eigenvalue weighted by molar-refractivity contribution is 5.27. The standard InChI is InChI=1S/C18H30N2O/c1-15(19-14-18(20(2)3)12-5-13-18)6-7-16-8-10-17(21-4)11-9-16/h8-11,15,19H,5-7,12-14H2,1-4H3. The number of nitrogens with zero attached hydrogens (tertiary/aromatic N) is 1. The molecule has 2 rings (SSSR count). The van der Waals surface area contributed by atoms with Crippen molar-refractivity contribution in [3.8, 4) is 5.75 Å². The van der Waals surface area contributed by atoms with E-state index in [2.05, 4.69) is 43.4 Å². The van der Waals surface area contributed by atoms with E-state index in [0.717, 1.165) is 18.7 Å². The van der Waals surface area contributed by atoms with Gasteiger partial charge in [-0.1, -0.05) is 12.1 Å². The lowest BCUT2D eigenvalue weighted by Crippen LogP contribution is -2.57. The molecule has 1 saturated carbocycles. The van der Waals surface area contributed by atoms with Crippen molar-refractivity contribution in [2.75, 3.05) is 27.7 Å². The normalized spacial score (nSPS) is 18.3. The second kappa shape index (κ2) is 7.28. The number of hydrogen-bond acceptors (Lipinski definition) is 3. The van der Waals surface area contributed by atoms with Crippen LogP contribution in [0.25, 0.3) is 0 Å². The number of rotatable bonds is 8. The zero-order chi connectivity index (χ0) is 15.3. The molecule has 3 nitrogen and oxygen atoms in total. The molecule has 1 aliphatic carbocycles. The maximum Gasteiger partial charge on any atom is 0.118 e. The first kappa shape index (κ1) is 16.3. The average molecular weight is 290 g/mol. The van der Waals surface area contributed by atoms with Crippen LogP contribution in [0.1, 0.15) is 38.2 Å². The average Bonchev–Trinajstić information content (AvgIpc) is 2.44. The Morgan fingerprint density at radius 3 is 2.38 bits per heavy atom. The Balaban J connectivity index is 1.73. The lowest BCUT2D eigenvalue weighted by Gasteiger charge is -2.48. The topological polar surface area (TPSA) is 24.5 Å². The maximum atomic E-state index is 5.19. The Labute approximate surface area is 129 Å². The van der Waals surface area contributed by atoms with Crippen LogP contribution in [-0.2, 0) is 6.42 Å². The molecule has 0 heterocycles. The van der Waals surface area contributed by atoms with E-state index >= 15 is 0 Å². The highest BCUT2D eigenvalue weighted by Gasteiger charge is 2.38. The highest BCUT2D eigenvalue weighted by Crippen LogP contribution is 2.35. The molecule has 0 aliphatic heterocycles. The van der Waals surface area contributed by atoms with Crippen molar-refractivity contribution in [2.24, 2.45) is 0 Å².